The average Bonchev–Trinajstić information content (AvgIpc) is 2.49. The van der Waals surface area contributed by atoms with Gasteiger partial charge in [0.15, 0.2) is 0 Å². The highest BCUT2D eigenvalue weighted by Crippen LogP contribution is 2.02. The van der Waals surface area contributed by atoms with Gasteiger partial charge in [-0.25, -0.2) is 0 Å². The van der Waals surface area contributed by atoms with Crippen molar-refractivity contribution in [3.8, 4) is 0 Å². The highest BCUT2D eigenvalue weighted by molar-refractivity contribution is 5.16. The van der Waals surface area contributed by atoms with Crippen LogP contribution in [-0.4, -0.2) is 19.1 Å². The molecule has 2 nitrogen and oxygen atoms in total. The molecule has 0 amide bonds. The Morgan fingerprint density at radius 1 is 0.810 bits per heavy atom. The first-order valence-electron chi connectivity index (χ1n) is 7.62. The number of likely N-dealkylation sites (N-methyl/N-ethyl adjacent to an activating group) is 1. The van der Waals surface area contributed by atoms with Crippen molar-refractivity contribution >= 4 is 0 Å². The maximum atomic E-state index is 5.62. The van der Waals surface area contributed by atoms with Crippen LogP contribution in [0.3, 0.4) is 0 Å². The monoisotopic (exact) mass is 284 g/mol. The molecule has 2 atom stereocenters. The molecule has 2 rings (SSSR count). The number of hydrogen-bond acceptors (Lipinski definition) is 2. The molecule has 0 saturated heterocycles. The van der Waals surface area contributed by atoms with Gasteiger partial charge in [0, 0.05) is 12.1 Å². The van der Waals surface area contributed by atoms with Crippen LogP contribution in [0.25, 0.3) is 0 Å². The molecule has 0 bridgehead atoms. The molecule has 0 aliphatic rings. The summed E-state index contributed by atoms with van der Waals surface area (Å²) in [4.78, 5) is 0. The molecule has 0 fully saturated rings. The summed E-state index contributed by atoms with van der Waals surface area (Å²) in [6.45, 7) is 4.21. The van der Waals surface area contributed by atoms with E-state index in [0.717, 1.165) is 12.8 Å². The van der Waals surface area contributed by atoms with E-state index in [1.165, 1.54) is 11.1 Å². The van der Waals surface area contributed by atoms with E-state index in [1.54, 1.807) is 0 Å². The summed E-state index contributed by atoms with van der Waals surface area (Å²) in [6, 6.07) is 21.7. The summed E-state index contributed by atoms with van der Waals surface area (Å²) in [5.41, 5.74) is 8.34. The Kier molecular flexibility index (Phi) is 8.41. The lowest BCUT2D eigenvalue weighted by atomic mass is 10.1. The van der Waals surface area contributed by atoms with E-state index in [9.17, 15) is 0 Å². The number of benzene rings is 2. The minimum Gasteiger partial charge on any atom is -0.328 e. The fraction of sp³-hybridized carbons (Fsp3) is 0.368. The molecule has 2 aromatic rings. The van der Waals surface area contributed by atoms with Crippen LogP contribution in [0.5, 0.6) is 0 Å². The first kappa shape index (κ1) is 17.4. The van der Waals surface area contributed by atoms with E-state index in [0.29, 0.717) is 6.04 Å². The molecule has 0 aliphatic carbocycles. The Morgan fingerprint density at radius 2 is 1.24 bits per heavy atom. The summed E-state index contributed by atoms with van der Waals surface area (Å²) in [5, 5.41) is 3.21. The Hall–Kier alpha value is -1.64. The van der Waals surface area contributed by atoms with Crippen LogP contribution in [0.2, 0.25) is 0 Å². The molecule has 114 valence electrons. The van der Waals surface area contributed by atoms with Gasteiger partial charge >= 0.3 is 0 Å². The molecular weight excluding hydrogens is 256 g/mol. The second kappa shape index (κ2) is 10.1. The van der Waals surface area contributed by atoms with Crippen molar-refractivity contribution < 1.29 is 0 Å². The molecule has 0 aromatic heterocycles. The second-order valence-electron chi connectivity index (χ2n) is 5.55. The molecule has 3 N–H and O–H groups in total. The lowest BCUT2D eigenvalue weighted by Gasteiger charge is -2.08. The van der Waals surface area contributed by atoms with Crippen molar-refractivity contribution in [3.05, 3.63) is 71.8 Å². The number of hydrogen-bond donors (Lipinski definition) is 2. The third-order valence-corrected chi connectivity index (χ3v) is 3.28. The van der Waals surface area contributed by atoms with Gasteiger partial charge in [0.05, 0.1) is 0 Å². The fourth-order valence-electron chi connectivity index (χ4n) is 2.06. The van der Waals surface area contributed by atoms with Gasteiger partial charge in [-0.3, -0.25) is 0 Å². The van der Waals surface area contributed by atoms with Gasteiger partial charge in [0.25, 0.3) is 0 Å². The largest absolute Gasteiger partial charge is 0.328 e. The molecule has 0 aliphatic heterocycles. The zero-order chi connectivity index (χ0) is 15.5. The molecule has 0 heterocycles. The van der Waals surface area contributed by atoms with Crippen LogP contribution in [0.1, 0.15) is 25.0 Å². The van der Waals surface area contributed by atoms with Crippen LogP contribution in [0, 0.1) is 0 Å². The summed E-state index contributed by atoms with van der Waals surface area (Å²) in [6.07, 6.45) is 2.08. The molecular formula is C19H28N2. The van der Waals surface area contributed by atoms with Crippen LogP contribution in [0.4, 0.5) is 0 Å². The smallest absolute Gasteiger partial charge is 0.00761 e. The minimum atomic E-state index is 0.266. The maximum Gasteiger partial charge on any atom is 0.00761 e. The third-order valence-electron chi connectivity index (χ3n) is 3.28. The quantitative estimate of drug-likeness (QED) is 0.883. The summed E-state index contributed by atoms with van der Waals surface area (Å²) < 4.78 is 0. The van der Waals surface area contributed by atoms with Gasteiger partial charge in [-0.1, -0.05) is 60.7 Å². The Morgan fingerprint density at radius 3 is 1.62 bits per heavy atom. The van der Waals surface area contributed by atoms with Crippen LogP contribution >= 0.6 is 0 Å². The van der Waals surface area contributed by atoms with Crippen molar-refractivity contribution in [2.24, 2.45) is 5.73 Å². The maximum absolute atomic E-state index is 5.62. The SMILES string of the molecule is CC(N)Cc1ccccc1.CN[C@@H](C)Cc1ccccc1. The van der Waals surface area contributed by atoms with E-state index in [-0.39, 0.29) is 6.04 Å². The summed E-state index contributed by atoms with van der Waals surface area (Å²) >= 11 is 0. The molecule has 0 saturated carbocycles. The molecule has 0 radical (unpaired) electrons. The summed E-state index contributed by atoms with van der Waals surface area (Å²) in [7, 11) is 1.99. The Bertz CT molecular complexity index is 465. The molecule has 2 aromatic carbocycles. The van der Waals surface area contributed by atoms with Gasteiger partial charge < -0.3 is 11.1 Å². The third kappa shape index (κ3) is 8.28. The molecule has 2 heteroatoms. The van der Waals surface area contributed by atoms with E-state index < -0.39 is 0 Å². The van der Waals surface area contributed by atoms with E-state index in [1.807, 2.05) is 38.2 Å². The van der Waals surface area contributed by atoms with E-state index in [2.05, 4.69) is 48.6 Å². The van der Waals surface area contributed by atoms with Crippen LogP contribution in [-0.2, 0) is 12.8 Å². The van der Waals surface area contributed by atoms with Crippen molar-refractivity contribution in [3.63, 3.8) is 0 Å². The van der Waals surface area contributed by atoms with Gasteiger partial charge in [-0.15, -0.1) is 0 Å². The average molecular weight is 284 g/mol. The van der Waals surface area contributed by atoms with E-state index >= 15 is 0 Å². The van der Waals surface area contributed by atoms with Crippen LogP contribution in [0.15, 0.2) is 60.7 Å². The lowest BCUT2D eigenvalue weighted by molar-refractivity contribution is 0.608. The van der Waals surface area contributed by atoms with Gasteiger partial charge in [0.1, 0.15) is 0 Å². The molecule has 21 heavy (non-hydrogen) atoms. The first-order valence-corrected chi connectivity index (χ1v) is 7.62. The predicted molar refractivity (Wildman–Crippen MR) is 92.5 cm³/mol. The number of rotatable bonds is 5. The molecule has 0 spiro atoms. The second-order valence-corrected chi connectivity index (χ2v) is 5.55. The highest BCUT2D eigenvalue weighted by atomic mass is 14.8. The number of nitrogens with one attached hydrogen (secondary N) is 1. The van der Waals surface area contributed by atoms with Crippen LogP contribution < -0.4 is 11.1 Å². The van der Waals surface area contributed by atoms with Crippen molar-refractivity contribution in [2.75, 3.05) is 7.05 Å². The normalized spacial score (nSPS) is 13.0. The topological polar surface area (TPSA) is 38.0 Å². The van der Waals surface area contributed by atoms with Gasteiger partial charge in [-0.05, 0) is 44.9 Å². The van der Waals surface area contributed by atoms with Crippen molar-refractivity contribution in [1.82, 2.24) is 5.32 Å². The lowest BCUT2D eigenvalue weighted by Crippen LogP contribution is -2.23. The van der Waals surface area contributed by atoms with Gasteiger partial charge in [-0.2, -0.15) is 0 Å². The number of nitrogens with two attached hydrogens (primary N) is 1. The Balaban J connectivity index is 0.000000211. The predicted octanol–water partition coefficient (Wildman–Crippen LogP) is 3.41. The van der Waals surface area contributed by atoms with E-state index in [4.69, 9.17) is 5.73 Å². The highest BCUT2D eigenvalue weighted by Gasteiger charge is 1.97. The minimum absolute atomic E-state index is 0.266. The van der Waals surface area contributed by atoms with Gasteiger partial charge in [0.2, 0.25) is 0 Å². The summed E-state index contributed by atoms with van der Waals surface area (Å²) in [5.74, 6) is 0. The van der Waals surface area contributed by atoms with Crippen molar-refractivity contribution in [2.45, 2.75) is 38.8 Å². The first-order chi connectivity index (χ1) is 10.1. The standard InChI is InChI=1S/C10H15N.C9H13N/c1-9(11-2)8-10-6-4-3-5-7-10;1-8(10)7-9-5-3-2-4-6-9/h3-7,9,11H,8H2,1-2H3;2-6,8H,7,10H2,1H3/t9-;/m0./s1. The Labute approximate surface area is 129 Å². The molecule has 1 unspecified atom stereocenters. The fourth-order valence-corrected chi connectivity index (χ4v) is 2.06. The van der Waals surface area contributed by atoms with Crippen molar-refractivity contribution in [1.29, 1.82) is 0 Å². The zero-order valence-corrected chi connectivity index (χ0v) is 13.4. The zero-order valence-electron chi connectivity index (χ0n) is 13.4.